The molecular weight excluding hydrogens is 462 g/mol. The lowest BCUT2D eigenvalue weighted by Gasteiger charge is -2.28. The van der Waals surface area contributed by atoms with Crippen LogP contribution in [-0.4, -0.2) is 45.9 Å². The normalized spacial score (nSPS) is 19.7. The number of nitrogens with one attached hydrogen (secondary N) is 1. The highest BCUT2D eigenvalue weighted by atomic mass is 16.4. The lowest BCUT2D eigenvalue weighted by molar-refractivity contribution is -0.138. The summed E-state index contributed by atoms with van der Waals surface area (Å²) in [7, 11) is 3.50. The molecule has 0 aliphatic heterocycles. The number of carboxylic acids is 1. The number of rotatable bonds is 6. The minimum absolute atomic E-state index is 0.0302. The molecule has 1 fully saturated rings. The maximum absolute atomic E-state index is 12.3. The van der Waals surface area contributed by atoms with Gasteiger partial charge in [-0.2, -0.15) is 0 Å². The summed E-state index contributed by atoms with van der Waals surface area (Å²) in [6.45, 7) is 0. The van der Waals surface area contributed by atoms with Crippen molar-refractivity contribution in [2.45, 2.75) is 44.4 Å². The van der Waals surface area contributed by atoms with Gasteiger partial charge in [-0.1, -0.05) is 48.6 Å². The number of benzene rings is 2. The van der Waals surface area contributed by atoms with Crippen molar-refractivity contribution < 1.29 is 14.7 Å². The van der Waals surface area contributed by atoms with Gasteiger partial charge in [-0.05, 0) is 78.8 Å². The molecule has 0 unspecified atom stereocenters. The number of imidazole rings is 1. The Morgan fingerprint density at radius 1 is 0.973 bits per heavy atom. The maximum Gasteiger partial charge on any atom is 0.303 e. The number of nitrogens with zero attached hydrogens (tertiary/aromatic N) is 2. The molecule has 190 valence electrons. The summed E-state index contributed by atoms with van der Waals surface area (Å²) in [6, 6.07) is 14.4. The lowest BCUT2D eigenvalue weighted by Crippen LogP contribution is -2.21. The number of aliphatic carboxylic acids is 1. The van der Waals surface area contributed by atoms with Crippen LogP contribution in [0.4, 0.5) is 0 Å². The second-order valence-corrected chi connectivity index (χ2v) is 10.3. The summed E-state index contributed by atoms with van der Waals surface area (Å²) < 4.78 is 0. The number of carbonyl (C=O) groups is 2. The van der Waals surface area contributed by atoms with E-state index in [1.807, 2.05) is 18.2 Å². The van der Waals surface area contributed by atoms with Gasteiger partial charge in [-0.25, -0.2) is 4.98 Å². The van der Waals surface area contributed by atoms with E-state index < -0.39 is 5.97 Å². The maximum atomic E-state index is 12.3. The number of aromatic amines is 1. The highest BCUT2D eigenvalue weighted by molar-refractivity contribution is 5.97. The molecule has 2 N–H and O–H groups in total. The van der Waals surface area contributed by atoms with E-state index in [2.05, 4.69) is 53.6 Å². The monoisotopic (exact) mass is 495 g/mol. The Bertz CT molecular complexity index is 1400. The molecule has 0 atom stereocenters. The van der Waals surface area contributed by atoms with Gasteiger partial charge in [0, 0.05) is 31.7 Å². The molecule has 6 heteroatoms. The third kappa shape index (κ3) is 5.58. The first-order chi connectivity index (χ1) is 17.9. The van der Waals surface area contributed by atoms with E-state index >= 15 is 0 Å². The number of carbonyl (C=O) groups excluding carboxylic acids is 1. The number of hydrogen-bond donors (Lipinski definition) is 2. The average molecular weight is 496 g/mol. The van der Waals surface area contributed by atoms with Gasteiger partial charge in [-0.3, -0.25) is 9.59 Å². The fourth-order valence-corrected chi connectivity index (χ4v) is 5.45. The Kier molecular flexibility index (Phi) is 7.08. The summed E-state index contributed by atoms with van der Waals surface area (Å²) in [5, 5.41) is 9.05. The van der Waals surface area contributed by atoms with Crippen LogP contribution in [0.15, 0.2) is 66.8 Å². The fourth-order valence-electron chi connectivity index (χ4n) is 5.45. The first-order valence-corrected chi connectivity index (χ1v) is 13.0. The first-order valence-electron chi connectivity index (χ1n) is 13.0. The molecule has 0 spiro atoms. The summed E-state index contributed by atoms with van der Waals surface area (Å²) in [6.07, 6.45) is 13.8. The van der Waals surface area contributed by atoms with E-state index in [-0.39, 0.29) is 5.91 Å². The minimum atomic E-state index is -0.680. The van der Waals surface area contributed by atoms with Crippen LogP contribution in [0.25, 0.3) is 22.2 Å². The smallest absolute Gasteiger partial charge is 0.303 e. The summed E-state index contributed by atoms with van der Waals surface area (Å²) in [5.74, 6) is 0.931. The quantitative estimate of drug-likeness (QED) is 0.412. The number of amides is 1. The SMILES string of the molecule is CN(C)C(=O)c1ccc2nc(C3=CCC=C(c4ccc(C5CCC(CC(=O)O)CC5)cc4)C=C3)[nH]c2c1. The van der Waals surface area contributed by atoms with Crippen molar-refractivity contribution in [3.63, 3.8) is 0 Å². The standard InChI is InChI=1S/C31H33N3O3/c1-34(2)31(37)26-16-17-27-28(19-26)33-30(32-27)25-5-3-4-21(14-15-25)23-10-12-24(13-11-23)22-8-6-20(7-9-22)18-29(35)36/h4-5,10-17,19-20,22H,3,6-9,18H2,1-2H3,(H,32,33)(H,35,36). The van der Waals surface area contributed by atoms with E-state index in [4.69, 9.17) is 10.1 Å². The van der Waals surface area contributed by atoms with Crippen LogP contribution in [0.3, 0.4) is 0 Å². The van der Waals surface area contributed by atoms with Gasteiger partial charge in [0.05, 0.1) is 11.0 Å². The Morgan fingerprint density at radius 2 is 1.68 bits per heavy atom. The molecule has 1 amide bonds. The zero-order chi connectivity index (χ0) is 25.9. The molecule has 6 nitrogen and oxygen atoms in total. The van der Waals surface area contributed by atoms with Gasteiger partial charge < -0.3 is 15.0 Å². The van der Waals surface area contributed by atoms with Gasteiger partial charge in [0.25, 0.3) is 5.91 Å². The Balaban J connectivity index is 1.26. The van der Waals surface area contributed by atoms with Crippen molar-refractivity contribution in [3.8, 4) is 0 Å². The molecule has 3 aromatic rings. The topological polar surface area (TPSA) is 86.3 Å². The molecule has 2 aromatic carbocycles. The highest BCUT2D eigenvalue weighted by Gasteiger charge is 2.24. The number of fused-ring (bicyclic) bond motifs is 1. The molecule has 5 rings (SSSR count). The van der Waals surface area contributed by atoms with Gasteiger partial charge in [0.1, 0.15) is 5.82 Å². The van der Waals surface area contributed by atoms with Crippen molar-refractivity contribution in [1.29, 1.82) is 0 Å². The fraction of sp³-hybridized carbons (Fsp3) is 0.323. The van der Waals surface area contributed by atoms with Crippen LogP contribution in [-0.2, 0) is 4.79 Å². The van der Waals surface area contributed by atoms with Crippen molar-refractivity contribution in [1.82, 2.24) is 14.9 Å². The zero-order valence-electron chi connectivity index (χ0n) is 21.4. The highest BCUT2D eigenvalue weighted by Crippen LogP contribution is 2.37. The second-order valence-electron chi connectivity index (χ2n) is 10.3. The first kappa shape index (κ1) is 24.8. The largest absolute Gasteiger partial charge is 0.481 e. The molecule has 37 heavy (non-hydrogen) atoms. The molecular formula is C31H33N3O3. The van der Waals surface area contributed by atoms with Crippen molar-refractivity contribution in [2.75, 3.05) is 14.1 Å². The van der Waals surface area contributed by atoms with Crippen LogP contribution in [0.5, 0.6) is 0 Å². The Hall–Kier alpha value is -3.93. The van der Waals surface area contributed by atoms with Gasteiger partial charge >= 0.3 is 5.97 Å². The number of allylic oxidation sites excluding steroid dienone is 6. The summed E-state index contributed by atoms with van der Waals surface area (Å²) in [4.78, 5) is 33.0. The molecule has 2 aliphatic rings. The summed E-state index contributed by atoms with van der Waals surface area (Å²) in [5.41, 5.74) is 7.07. The number of aromatic nitrogens is 2. The van der Waals surface area contributed by atoms with Gasteiger partial charge in [0.15, 0.2) is 0 Å². The molecule has 0 saturated heterocycles. The van der Waals surface area contributed by atoms with Crippen LogP contribution in [0.2, 0.25) is 0 Å². The molecule has 0 radical (unpaired) electrons. The van der Waals surface area contributed by atoms with Gasteiger partial charge in [-0.15, -0.1) is 0 Å². The van der Waals surface area contributed by atoms with Gasteiger partial charge in [0.2, 0.25) is 0 Å². The van der Waals surface area contributed by atoms with E-state index in [1.165, 1.54) is 16.7 Å². The molecule has 1 heterocycles. The minimum Gasteiger partial charge on any atom is -0.481 e. The Morgan fingerprint density at radius 3 is 2.38 bits per heavy atom. The molecule has 0 bridgehead atoms. The lowest BCUT2D eigenvalue weighted by atomic mass is 9.77. The molecule has 1 saturated carbocycles. The number of carboxylic acid groups (broad SMARTS) is 1. The molecule has 1 aromatic heterocycles. The number of hydrogen-bond acceptors (Lipinski definition) is 3. The predicted octanol–water partition coefficient (Wildman–Crippen LogP) is 6.44. The van der Waals surface area contributed by atoms with Crippen LogP contribution in [0, 0.1) is 5.92 Å². The molecule has 2 aliphatic carbocycles. The predicted molar refractivity (Wildman–Crippen MR) is 147 cm³/mol. The van der Waals surface area contributed by atoms with E-state index in [9.17, 15) is 9.59 Å². The van der Waals surface area contributed by atoms with Crippen LogP contribution in [0.1, 0.15) is 71.8 Å². The van der Waals surface area contributed by atoms with E-state index in [0.29, 0.717) is 23.8 Å². The summed E-state index contributed by atoms with van der Waals surface area (Å²) >= 11 is 0. The van der Waals surface area contributed by atoms with Crippen molar-refractivity contribution in [2.24, 2.45) is 5.92 Å². The number of H-pyrrole nitrogens is 1. The zero-order valence-corrected chi connectivity index (χ0v) is 21.4. The van der Waals surface area contributed by atoms with Crippen molar-refractivity contribution >= 4 is 34.1 Å². The van der Waals surface area contributed by atoms with E-state index in [0.717, 1.165) is 54.5 Å². The second kappa shape index (κ2) is 10.6. The van der Waals surface area contributed by atoms with Crippen LogP contribution >= 0.6 is 0 Å². The Labute approximate surface area is 217 Å². The van der Waals surface area contributed by atoms with E-state index in [1.54, 1.807) is 19.0 Å². The van der Waals surface area contributed by atoms with Crippen molar-refractivity contribution in [3.05, 3.63) is 89.3 Å². The third-order valence-corrected chi connectivity index (χ3v) is 7.55. The average Bonchev–Trinajstić information content (AvgIpc) is 3.16. The van der Waals surface area contributed by atoms with Crippen LogP contribution < -0.4 is 0 Å². The third-order valence-electron chi connectivity index (χ3n) is 7.55.